The van der Waals surface area contributed by atoms with Crippen LogP contribution in [-0.4, -0.2) is 19.8 Å². The fourth-order valence-corrected chi connectivity index (χ4v) is 3.42. The molecule has 5 heteroatoms. The zero-order chi connectivity index (χ0) is 15.7. The molecular formula is C17H17Cl2NO2. The van der Waals surface area contributed by atoms with E-state index in [2.05, 4.69) is 6.07 Å². The smallest absolute Gasteiger partial charge is 0.130 e. The van der Waals surface area contributed by atoms with Crippen LogP contribution in [0.5, 0.6) is 11.5 Å². The summed E-state index contributed by atoms with van der Waals surface area (Å²) in [6.45, 7) is 0.498. The van der Waals surface area contributed by atoms with Crippen LogP contribution in [0.2, 0.25) is 10.0 Å². The third-order valence-corrected chi connectivity index (χ3v) is 4.50. The van der Waals surface area contributed by atoms with Gasteiger partial charge in [0, 0.05) is 17.7 Å². The molecule has 0 bridgehead atoms. The Labute approximate surface area is 139 Å². The minimum atomic E-state index is 0.0319. The van der Waals surface area contributed by atoms with Gasteiger partial charge < -0.3 is 15.2 Å². The fraction of sp³-hybridized carbons (Fsp3) is 0.294. The lowest BCUT2D eigenvalue weighted by Crippen LogP contribution is -2.30. The zero-order valence-electron chi connectivity index (χ0n) is 12.2. The van der Waals surface area contributed by atoms with Crippen molar-refractivity contribution in [3.8, 4) is 22.6 Å². The third-order valence-electron chi connectivity index (χ3n) is 3.90. The van der Waals surface area contributed by atoms with E-state index in [1.807, 2.05) is 12.1 Å². The number of para-hydroxylation sites is 1. The summed E-state index contributed by atoms with van der Waals surface area (Å²) >= 11 is 12.8. The lowest BCUT2D eigenvalue weighted by molar-refractivity contribution is 0.182. The van der Waals surface area contributed by atoms with Gasteiger partial charge in [-0.2, -0.15) is 0 Å². The minimum absolute atomic E-state index is 0.0319. The number of hydrogen-bond acceptors (Lipinski definition) is 3. The second-order valence-electron chi connectivity index (χ2n) is 5.27. The van der Waals surface area contributed by atoms with Crippen LogP contribution < -0.4 is 15.2 Å². The Hall–Kier alpha value is -1.42. The first-order chi connectivity index (χ1) is 10.6. The number of benzene rings is 2. The maximum atomic E-state index is 6.42. The van der Waals surface area contributed by atoms with E-state index in [1.165, 1.54) is 0 Å². The van der Waals surface area contributed by atoms with E-state index < -0.39 is 0 Å². The fourth-order valence-electron chi connectivity index (χ4n) is 2.75. The van der Waals surface area contributed by atoms with Gasteiger partial charge in [0.25, 0.3) is 0 Å². The predicted octanol–water partition coefficient (Wildman–Crippen LogP) is 4.32. The lowest BCUT2D eigenvalue weighted by Gasteiger charge is -2.27. The van der Waals surface area contributed by atoms with Gasteiger partial charge in [0.15, 0.2) is 0 Å². The number of methoxy groups -OCH3 is 1. The Morgan fingerprint density at radius 1 is 1.27 bits per heavy atom. The summed E-state index contributed by atoms with van der Waals surface area (Å²) in [6.07, 6.45) is 1.90. The highest BCUT2D eigenvalue weighted by Gasteiger charge is 2.24. The van der Waals surface area contributed by atoms with Crippen LogP contribution in [-0.2, 0) is 6.42 Å². The van der Waals surface area contributed by atoms with E-state index >= 15 is 0 Å². The van der Waals surface area contributed by atoms with Gasteiger partial charge in [0.05, 0.1) is 17.2 Å². The molecule has 1 heterocycles. The van der Waals surface area contributed by atoms with Gasteiger partial charge in [-0.25, -0.2) is 0 Å². The summed E-state index contributed by atoms with van der Waals surface area (Å²) in [5, 5.41) is 1.08. The highest BCUT2D eigenvalue weighted by atomic mass is 35.5. The van der Waals surface area contributed by atoms with E-state index in [0.717, 1.165) is 35.3 Å². The SMILES string of the molecule is COc1cc(Cl)c(-c2cccc3c2O[C@@H](CN)CC3)c(Cl)c1. The third kappa shape index (κ3) is 2.76. The summed E-state index contributed by atoms with van der Waals surface area (Å²) < 4.78 is 11.3. The first kappa shape index (κ1) is 15.5. The molecule has 3 nitrogen and oxygen atoms in total. The van der Waals surface area contributed by atoms with Crippen LogP contribution in [0.25, 0.3) is 11.1 Å². The Kier molecular flexibility index (Phi) is 4.48. The number of rotatable bonds is 3. The van der Waals surface area contributed by atoms with Crippen molar-refractivity contribution in [2.45, 2.75) is 18.9 Å². The van der Waals surface area contributed by atoms with E-state index in [0.29, 0.717) is 22.3 Å². The quantitative estimate of drug-likeness (QED) is 0.906. The first-order valence-electron chi connectivity index (χ1n) is 7.16. The number of hydrogen-bond donors (Lipinski definition) is 1. The molecule has 0 aliphatic carbocycles. The number of nitrogens with two attached hydrogens (primary N) is 1. The molecule has 0 spiro atoms. The standard InChI is InChI=1S/C17H17Cl2NO2/c1-21-12-7-14(18)16(15(19)8-12)13-4-2-3-10-5-6-11(9-20)22-17(10)13/h2-4,7-8,11H,5-6,9,20H2,1H3/t11-/m1/s1. The highest BCUT2D eigenvalue weighted by Crippen LogP contribution is 2.44. The van der Waals surface area contributed by atoms with Gasteiger partial charge in [-0.3, -0.25) is 0 Å². The molecule has 116 valence electrons. The highest BCUT2D eigenvalue weighted by molar-refractivity contribution is 6.39. The second kappa shape index (κ2) is 6.37. The molecule has 2 aromatic carbocycles. The van der Waals surface area contributed by atoms with E-state index in [9.17, 15) is 0 Å². The summed E-state index contributed by atoms with van der Waals surface area (Å²) in [7, 11) is 1.58. The van der Waals surface area contributed by atoms with Crippen molar-refractivity contribution in [3.63, 3.8) is 0 Å². The van der Waals surface area contributed by atoms with Gasteiger partial charge in [0.1, 0.15) is 17.6 Å². The van der Waals surface area contributed by atoms with Crippen molar-refractivity contribution in [1.29, 1.82) is 0 Å². The molecular weight excluding hydrogens is 321 g/mol. The van der Waals surface area contributed by atoms with Gasteiger partial charge in [-0.1, -0.05) is 41.4 Å². The molecule has 2 aromatic rings. The number of ether oxygens (including phenoxy) is 2. The minimum Gasteiger partial charge on any atom is -0.497 e. The zero-order valence-corrected chi connectivity index (χ0v) is 13.7. The van der Waals surface area contributed by atoms with E-state index in [4.69, 9.17) is 38.4 Å². The number of aryl methyl sites for hydroxylation is 1. The molecule has 1 aliphatic heterocycles. The van der Waals surface area contributed by atoms with Crippen molar-refractivity contribution in [2.24, 2.45) is 5.73 Å². The average molecular weight is 338 g/mol. The topological polar surface area (TPSA) is 44.5 Å². The molecule has 0 saturated heterocycles. The van der Waals surface area contributed by atoms with Crippen molar-refractivity contribution in [2.75, 3.05) is 13.7 Å². The van der Waals surface area contributed by atoms with Crippen molar-refractivity contribution >= 4 is 23.2 Å². The van der Waals surface area contributed by atoms with Crippen LogP contribution in [0.15, 0.2) is 30.3 Å². The Morgan fingerprint density at radius 2 is 2.00 bits per heavy atom. The van der Waals surface area contributed by atoms with Gasteiger partial charge in [-0.05, 0) is 30.5 Å². The normalized spacial score (nSPS) is 16.8. The molecule has 0 aromatic heterocycles. The molecule has 2 N–H and O–H groups in total. The number of halogens is 2. The molecule has 0 saturated carbocycles. The van der Waals surface area contributed by atoms with Crippen LogP contribution in [0, 0.1) is 0 Å². The monoisotopic (exact) mass is 337 g/mol. The molecule has 0 radical (unpaired) electrons. The van der Waals surface area contributed by atoms with Crippen LogP contribution in [0.4, 0.5) is 0 Å². The Bertz CT molecular complexity index is 680. The van der Waals surface area contributed by atoms with E-state index in [1.54, 1.807) is 19.2 Å². The van der Waals surface area contributed by atoms with Gasteiger partial charge >= 0.3 is 0 Å². The van der Waals surface area contributed by atoms with Crippen LogP contribution in [0.3, 0.4) is 0 Å². The van der Waals surface area contributed by atoms with E-state index in [-0.39, 0.29) is 6.10 Å². The predicted molar refractivity (Wildman–Crippen MR) is 90.2 cm³/mol. The van der Waals surface area contributed by atoms with Crippen molar-refractivity contribution < 1.29 is 9.47 Å². The van der Waals surface area contributed by atoms with Crippen LogP contribution >= 0.6 is 23.2 Å². The molecule has 1 aliphatic rings. The summed E-state index contributed by atoms with van der Waals surface area (Å²) in [6, 6.07) is 9.54. The van der Waals surface area contributed by atoms with Gasteiger partial charge in [0.2, 0.25) is 0 Å². The molecule has 0 amide bonds. The summed E-state index contributed by atoms with van der Waals surface area (Å²) in [4.78, 5) is 0. The maximum Gasteiger partial charge on any atom is 0.130 e. The average Bonchev–Trinajstić information content (AvgIpc) is 2.53. The summed E-state index contributed by atoms with van der Waals surface area (Å²) in [5.74, 6) is 1.46. The molecule has 1 atom stereocenters. The number of fused-ring (bicyclic) bond motifs is 1. The molecule has 3 rings (SSSR count). The molecule has 0 fully saturated rings. The second-order valence-corrected chi connectivity index (χ2v) is 6.09. The molecule has 22 heavy (non-hydrogen) atoms. The van der Waals surface area contributed by atoms with Crippen molar-refractivity contribution in [3.05, 3.63) is 45.9 Å². The largest absolute Gasteiger partial charge is 0.497 e. The lowest BCUT2D eigenvalue weighted by atomic mass is 9.95. The Morgan fingerprint density at radius 3 is 2.64 bits per heavy atom. The Balaban J connectivity index is 2.14. The maximum absolute atomic E-state index is 6.42. The first-order valence-corrected chi connectivity index (χ1v) is 7.91. The summed E-state index contributed by atoms with van der Waals surface area (Å²) in [5.41, 5.74) is 8.57. The van der Waals surface area contributed by atoms with Crippen LogP contribution in [0.1, 0.15) is 12.0 Å². The van der Waals surface area contributed by atoms with Crippen molar-refractivity contribution in [1.82, 2.24) is 0 Å². The van der Waals surface area contributed by atoms with Gasteiger partial charge in [-0.15, -0.1) is 0 Å². The molecule has 0 unspecified atom stereocenters.